The number of benzene rings is 2. The van der Waals surface area contributed by atoms with Crippen LogP contribution in [0, 0.1) is 6.92 Å². The lowest BCUT2D eigenvalue weighted by molar-refractivity contribution is -0.125. The molecule has 3 rings (SSSR count). The molecule has 2 aromatic rings. The molecular formula is C22H26N2O4. The molecule has 6 nitrogen and oxygen atoms in total. The van der Waals surface area contributed by atoms with Crippen LogP contribution in [0.4, 0.5) is 5.69 Å². The summed E-state index contributed by atoms with van der Waals surface area (Å²) >= 11 is 0. The zero-order chi connectivity index (χ0) is 19.9. The zero-order valence-corrected chi connectivity index (χ0v) is 16.4. The summed E-state index contributed by atoms with van der Waals surface area (Å²) < 4.78 is 11.2. The molecule has 2 amide bonds. The standard InChI is InChI=1S/C22H26N2O4/c1-3-27-19-7-5-4-6-17(19)15-23-21(25)10-11-22(26)24-12-13-28-20-9-8-16(2)14-18(20)24/h4-9,14H,3,10-13,15H2,1-2H3,(H,23,25). The number of hydrogen-bond donors (Lipinski definition) is 1. The van der Waals surface area contributed by atoms with Crippen molar-refractivity contribution in [3.05, 3.63) is 53.6 Å². The quantitative estimate of drug-likeness (QED) is 0.798. The van der Waals surface area contributed by atoms with Gasteiger partial charge in [-0.05, 0) is 37.6 Å². The van der Waals surface area contributed by atoms with Crippen molar-refractivity contribution in [1.82, 2.24) is 5.32 Å². The summed E-state index contributed by atoms with van der Waals surface area (Å²) in [6, 6.07) is 13.4. The second kappa shape index (κ2) is 9.26. The molecule has 0 fully saturated rings. The summed E-state index contributed by atoms with van der Waals surface area (Å²) in [6.45, 7) is 5.81. The number of ether oxygens (including phenoxy) is 2. The van der Waals surface area contributed by atoms with Gasteiger partial charge in [0.05, 0.1) is 18.8 Å². The van der Waals surface area contributed by atoms with E-state index in [0.29, 0.717) is 32.1 Å². The maximum Gasteiger partial charge on any atom is 0.227 e. The Morgan fingerprint density at radius 3 is 2.82 bits per heavy atom. The Morgan fingerprint density at radius 2 is 2.00 bits per heavy atom. The van der Waals surface area contributed by atoms with Crippen LogP contribution in [-0.4, -0.2) is 31.6 Å². The summed E-state index contributed by atoms with van der Waals surface area (Å²) in [4.78, 5) is 26.6. The van der Waals surface area contributed by atoms with Gasteiger partial charge in [0.2, 0.25) is 11.8 Å². The van der Waals surface area contributed by atoms with Crippen molar-refractivity contribution in [2.75, 3.05) is 24.7 Å². The predicted octanol–water partition coefficient (Wildman–Crippen LogP) is 3.22. The molecule has 6 heteroatoms. The first-order chi connectivity index (χ1) is 13.6. The smallest absolute Gasteiger partial charge is 0.227 e. The minimum absolute atomic E-state index is 0.0694. The lowest BCUT2D eigenvalue weighted by Crippen LogP contribution is -2.38. The van der Waals surface area contributed by atoms with Crippen molar-refractivity contribution in [2.45, 2.75) is 33.2 Å². The largest absolute Gasteiger partial charge is 0.494 e. The number of carbonyl (C=O) groups excluding carboxylic acids is 2. The first kappa shape index (κ1) is 19.7. The van der Waals surface area contributed by atoms with Crippen LogP contribution >= 0.6 is 0 Å². The third-order valence-corrected chi connectivity index (χ3v) is 4.59. The molecule has 0 spiro atoms. The third kappa shape index (κ3) is 4.82. The number of carbonyl (C=O) groups is 2. The fraction of sp³-hybridized carbons (Fsp3) is 0.364. The first-order valence-corrected chi connectivity index (χ1v) is 9.59. The molecule has 0 aliphatic carbocycles. The molecule has 2 aromatic carbocycles. The van der Waals surface area contributed by atoms with E-state index in [0.717, 1.165) is 22.6 Å². The van der Waals surface area contributed by atoms with E-state index in [2.05, 4.69) is 5.32 Å². The Balaban J connectivity index is 1.53. The van der Waals surface area contributed by atoms with Crippen molar-refractivity contribution in [3.63, 3.8) is 0 Å². The molecule has 0 saturated carbocycles. The molecule has 1 N–H and O–H groups in total. The van der Waals surface area contributed by atoms with E-state index in [1.54, 1.807) is 4.90 Å². The van der Waals surface area contributed by atoms with Gasteiger partial charge in [0.25, 0.3) is 0 Å². The Labute approximate surface area is 165 Å². The number of nitrogens with one attached hydrogen (secondary N) is 1. The second-order valence-corrected chi connectivity index (χ2v) is 6.68. The molecule has 0 bridgehead atoms. The van der Waals surface area contributed by atoms with Crippen molar-refractivity contribution in [3.8, 4) is 11.5 Å². The minimum Gasteiger partial charge on any atom is -0.494 e. The van der Waals surface area contributed by atoms with Crippen LogP contribution in [-0.2, 0) is 16.1 Å². The topological polar surface area (TPSA) is 67.9 Å². The van der Waals surface area contributed by atoms with E-state index in [1.165, 1.54) is 0 Å². The van der Waals surface area contributed by atoms with Gasteiger partial charge < -0.3 is 19.7 Å². The molecule has 0 unspecified atom stereocenters. The number of hydrogen-bond acceptors (Lipinski definition) is 4. The van der Waals surface area contributed by atoms with Gasteiger partial charge in [-0.15, -0.1) is 0 Å². The summed E-state index contributed by atoms with van der Waals surface area (Å²) in [6.07, 6.45) is 0.306. The molecule has 28 heavy (non-hydrogen) atoms. The van der Waals surface area contributed by atoms with Crippen LogP contribution in [0.2, 0.25) is 0 Å². The maximum atomic E-state index is 12.7. The highest BCUT2D eigenvalue weighted by Gasteiger charge is 2.24. The number of nitrogens with zero attached hydrogens (tertiary/aromatic N) is 1. The molecule has 1 aliphatic heterocycles. The fourth-order valence-electron chi connectivity index (χ4n) is 3.17. The van der Waals surface area contributed by atoms with E-state index >= 15 is 0 Å². The fourth-order valence-corrected chi connectivity index (χ4v) is 3.17. The number of amides is 2. The number of aryl methyl sites for hydroxylation is 1. The van der Waals surface area contributed by atoms with E-state index in [9.17, 15) is 9.59 Å². The molecule has 1 heterocycles. The predicted molar refractivity (Wildman–Crippen MR) is 108 cm³/mol. The van der Waals surface area contributed by atoms with Crippen LogP contribution in [0.5, 0.6) is 11.5 Å². The minimum atomic E-state index is -0.155. The SMILES string of the molecule is CCOc1ccccc1CNC(=O)CCC(=O)N1CCOc2ccc(C)cc21. The maximum absolute atomic E-state index is 12.7. The Kier molecular flexibility index (Phi) is 6.53. The van der Waals surface area contributed by atoms with Gasteiger partial charge in [-0.2, -0.15) is 0 Å². The van der Waals surface area contributed by atoms with Gasteiger partial charge in [0.1, 0.15) is 18.1 Å². The van der Waals surface area contributed by atoms with Gasteiger partial charge in [-0.3, -0.25) is 9.59 Å². The first-order valence-electron chi connectivity index (χ1n) is 9.59. The number of para-hydroxylation sites is 1. The number of fused-ring (bicyclic) bond motifs is 1. The Morgan fingerprint density at radius 1 is 1.18 bits per heavy atom. The van der Waals surface area contributed by atoms with Crippen molar-refractivity contribution < 1.29 is 19.1 Å². The highest BCUT2D eigenvalue weighted by molar-refractivity contribution is 5.97. The van der Waals surface area contributed by atoms with Crippen LogP contribution in [0.15, 0.2) is 42.5 Å². The number of anilines is 1. The van der Waals surface area contributed by atoms with Gasteiger partial charge in [-0.1, -0.05) is 24.3 Å². The lowest BCUT2D eigenvalue weighted by atomic mass is 10.1. The van der Waals surface area contributed by atoms with Crippen LogP contribution in [0.25, 0.3) is 0 Å². The highest BCUT2D eigenvalue weighted by Crippen LogP contribution is 2.32. The average Bonchev–Trinajstić information content (AvgIpc) is 2.71. The van der Waals surface area contributed by atoms with Gasteiger partial charge in [0.15, 0.2) is 0 Å². The number of rotatable bonds is 7. The van der Waals surface area contributed by atoms with Gasteiger partial charge >= 0.3 is 0 Å². The Hall–Kier alpha value is -3.02. The van der Waals surface area contributed by atoms with E-state index in [-0.39, 0.29) is 24.7 Å². The molecule has 0 saturated heterocycles. The normalized spacial score (nSPS) is 12.7. The van der Waals surface area contributed by atoms with Crippen LogP contribution < -0.4 is 19.7 Å². The van der Waals surface area contributed by atoms with Crippen molar-refractivity contribution in [1.29, 1.82) is 0 Å². The zero-order valence-electron chi connectivity index (χ0n) is 16.4. The highest BCUT2D eigenvalue weighted by atomic mass is 16.5. The lowest BCUT2D eigenvalue weighted by Gasteiger charge is -2.30. The Bertz CT molecular complexity index is 850. The molecular weight excluding hydrogens is 356 g/mol. The average molecular weight is 382 g/mol. The van der Waals surface area contributed by atoms with E-state index in [4.69, 9.17) is 9.47 Å². The third-order valence-electron chi connectivity index (χ3n) is 4.59. The van der Waals surface area contributed by atoms with Crippen molar-refractivity contribution >= 4 is 17.5 Å². The van der Waals surface area contributed by atoms with Crippen LogP contribution in [0.3, 0.4) is 0 Å². The van der Waals surface area contributed by atoms with Crippen molar-refractivity contribution in [2.24, 2.45) is 0 Å². The summed E-state index contributed by atoms with van der Waals surface area (Å²) in [5.41, 5.74) is 2.76. The summed E-state index contributed by atoms with van der Waals surface area (Å²) in [5.74, 6) is 1.25. The van der Waals surface area contributed by atoms with E-state index < -0.39 is 0 Å². The summed E-state index contributed by atoms with van der Waals surface area (Å²) in [5, 5.41) is 2.87. The second-order valence-electron chi connectivity index (χ2n) is 6.68. The molecule has 1 aliphatic rings. The van der Waals surface area contributed by atoms with Gasteiger partial charge in [0, 0.05) is 24.9 Å². The van der Waals surface area contributed by atoms with E-state index in [1.807, 2.05) is 56.3 Å². The monoisotopic (exact) mass is 382 g/mol. The summed E-state index contributed by atoms with van der Waals surface area (Å²) in [7, 11) is 0. The van der Waals surface area contributed by atoms with Crippen LogP contribution in [0.1, 0.15) is 30.9 Å². The molecule has 0 atom stereocenters. The molecule has 0 aromatic heterocycles. The van der Waals surface area contributed by atoms with Gasteiger partial charge in [-0.25, -0.2) is 0 Å². The molecule has 0 radical (unpaired) electrons. The molecule has 148 valence electrons.